The summed E-state index contributed by atoms with van der Waals surface area (Å²) in [5, 5.41) is 0. The molecule has 0 unspecified atom stereocenters. The van der Waals surface area contributed by atoms with E-state index in [1.807, 2.05) is 0 Å². The summed E-state index contributed by atoms with van der Waals surface area (Å²) in [6.45, 7) is 9.52. The van der Waals surface area contributed by atoms with E-state index < -0.39 is 10.0 Å². The molecule has 0 aromatic rings. The lowest BCUT2D eigenvalue weighted by atomic mass is 10.2. The molecule has 6 heteroatoms. The van der Waals surface area contributed by atoms with Crippen molar-refractivity contribution in [3.63, 3.8) is 0 Å². The molecule has 1 aliphatic heterocycles. The number of piperazine rings is 1. The minimum absolute atomic E-state index is 0.550. The second kappa shape index (κ2) is 8.09. The fraction of sp³-hybridized carbons (Fsp3) is 1.00. The van der Waals surface area contributed by atoms with Gasteiger partial charge in [-0.25, -0.2) is 13.1 Å². The van der Waals surface area contributed by atoms with Crippen molar-refractivity contribution < 1.29 is 8.42 Å². The number of unbranched alkanes of at least 4 members (excludes halogenated alkanes) is 1. The second-order valence-corrected chi connectivity index (χ2v) is 6.89. The average Bonchev–Trinajstić information content (AvgIpc) is 2.32. The quantitative estimate of drug-likeness (QED) is 0.650. The third kappa shape index (κ3) is 7.31. The Morgan fingerprint density at radius 1 is 1.00 bits per heavy atom. The zero-order chi connectivity index (χ0) is 13.4. The van der Waals surface area contributed by atoms with Gasteiger partial charge >= 0.3 is 0 Å². The molecule has 0 aliphatic carbocycles. The molecule has 1 aliphatic rings. The van der Waals surface area contributed by atoms with E-state index in [1.54, 1.807) is 0 Å². The van der Waals surface area contributed by atoms with Gasteiger partial charge in [-0.1, -0.05) is 13.3 Å². The van der Waals surface area contributed by atoms with E-state index in [0.29, 0.717) is 6.54 Å². The van der Waals surface area contributed by atoms with Crippen molar-refractivity contribution in [3.8, 4) is 0 Å². The van der Waals surface area contributed by atoms with Crippen molar-refractivity contribution >= 4 is 10.0 Å². The van der Waals surface area contributed by atoms with E-state index in [0.717, 1.165) is 39.1 Å². The monoisotopic (exact) mass is 277 g/mol. The maximum absolute atomic E-state index is 10.9. The van der Waals surface area contributed by atoms with Crippen LogP contribution < -0.4 is 4.72 Å². The van der Waals surface area contributed by atoms with Gasteiger partial charge in [-0.3, -0.25) is 0 Å². The molecule has 0 spiro atoms. The smallest absolute Gasteiger partial charge is 0.208 e. The van der Waals surface area contributed by atoms with Gasteiger partial charge in [-0.2, -0.15) is 0 Å². The van der Waals surface area contributed by atoms with Crippen molar-refractivity contribution in [2.75, 3.05) is 52.1 Å². The first-order chi connectivity index (χ1) is 8.51. The lowest BCUT2D eigenvalue weighted by Crippen LogP contribution is -2.47. The molecule has 0 radical (unpaired) electrons. The first-order valence-corrected chi connectivity index (χ1v) is 8.80. The molecular weight excluding hydrogens is 250 g/mol. The van der Waals surface area contributed by atoms with Crippen LogP contribution in [0.5, 0.6) is 0 Å². The summed E-state index contributed by atoms with van der Waals surface area (Å²) in [5.74, 6) is 0. The summed E-state index contributed by atoms with van der Waals surface area (Å²) in [4.78, 5) is 4.95. The predicted octanol–water partition coefficient (Wildman–Crippen LogP) is 0.343. The van der Waals surface area contributed by atoms with Crippen LogP contribution in [0.1, 0.15) is 26.2 Å². The molecule has 0 saturated carbocycles. The molecule has 1 fully saturated rings. The van der Waals surface area contributed by atoms with Crippen LogP contribution in [-0.4, -0.2) is 70.3 Å². The van der Waals surface area contributed by atoms with Crippen molar-refractivity contribution in [1.29, 1.82) is 0 Å². The molecule has 1 rings (SSSR count). The first-order valence-electron chi connectivity index (χ1n) is 6.90. The highest BCUT2D eigenvalue weighted by atomic mass is 32.2. The molecule has 5 nitrogen and oxygen atoms in total. The van der Waals surface area contributed by atoms with E-state index in [1.165, 1.54) is 25.6 Å². The third-order valence-corrected chi connectivity index (χ3v) is 4.04. The highest BCUT2D eigenvalue weighted by Gasteiger charge is 2.15. The minimum atomic E-state index is -3.02. The second-order valence-electron chi connectivity index (χ2n) is 5.06. The zero-order valence-corrected chi connectivity index (χ0v) is 12.5. The SMILES string of the molecule is CCCCN1CCN(CCCNS(C)(=O)=O)CC1. The van der Waals surface area contributed by atoms with Gasteiger partial charge in [0.2, 0.25) is 10.0 Å². The van der Waals surface area contributed by atoms with Crippen molar-refractivity contribution in [2.45, 2.75) is 26.2 Å². The van der Waals surface area contributed by atoms with Crippen molar-refractivity contribution in [3.05, 3.63) is 0 Å². The van der Waals surface area contributed by atoms with Crippen molar-refractivity contribution in [2.24, 2.45) is 0 Å². The van der Waals surface area contributed by atoms with Crippen LogP contribution in [0.4, 0.5) is 0 Å². The normalized spacial score (nSPS) is 19.2. The molecule has 1 N–H and O–H groups in total. The molecule has 0 aromatic carbocycles. The maximum Gasteiger partial charge on any atom is 0.208 e. The van der Waals surface area contributed by atoms with Crippen LogP contribution in [0.15, 0.2) is 0 Å². The van der Waals surface area contributed by atoms with Gasteiger partial charge in [0.1, 0.15) is 0 Å². The largest absolute Gasteiger partial charge is 0.301 e. The molecular formula is C12H27N3O2S. The van der Waals surface area contributed by atoms with E-state index in [9.17, 15) is 8.42 Å². The summed E-state index contributed by atoms with van der Waals surface area (Å²) < 4.78 is 24.3. The summed E-state index contributed by atoms with van der Waals surface area (Å²) >= 11 is 0. The van der Waals surface area contributed by atoms with Crippen LogP contribution in [-0.2, 0) is 10.0 Å². The van der Waals surface area contributed by atoms with Crippen LogP contribution >= 0.6 is 0 Å². The van der Waals surface area contributed by atoms with Gasteiger partial charge in [-0.05, 0) is 25.9 Å². The zero-order valence-electron chi connectivity index (χ0n) is 11.7. The maximum atomic E-state index is 10.9. The molecule has 0 amide bonds. The minimum Gasteiger partial charge on any atom is -0.301 e. The summed E-state index contributed by atoms with van der Waals surface area (Å²) in [5.41, 5.74) is 0. The number of rotatable bonds is 8. The molecule has 18 heavy (non-hydrogen) atoms. The van der Waals surface area contributed by atoms with E-state index in [-0.39, 0.29) is 0 Å². The Morgan fingerprint density at radius 2 is 1.50 bits per heavy atom. The standard InChI is InChI=1S/C12H27N3O2S/c1-3-4-7-14-9-11-15(12-10-14)8-5-6-13-18(2,16)17/h13H,3-12H2,1-2H3. The number of sulfonamides is 1. The third-order valence-electron chi connectivity index (χ3n) is 3.31. The Bertz CT molecular complexity index is 311. The molecule has 1 saturated heterocycles. The van der Waals surface area contributed by atoms with Gasteiger partial charge in [0.05, 0.1) is 6.26 Å². The van der Waals surface area contributed by atoms with Crippen LogP contribution in [0.25, 0.3) is 0 Å². The molecule has 0 bridgehead atoms. The number of nitrogens with one attached hydrogen (secondary N) is 1. The van der Waals surface area contributed by atoms with E-state index >= 15 is 0 Å². The van der Waals surface area contributed by atoms with Crippen molar-refractivity contribution in [1.82, 2.24) is 14.5 Å². The Morgan fingerprint density at radius 3 is 1.94 bits per heavy atom. The Kier molecular flexibility index (Phi) is 7.14. The van der Waals surface area contributed by atoms with Gasteiger partial charge in [0.15, 0.2) is 0 Å². The van der Waals surface area contributed by atoms with Gasteiger partial charge in [-0.15, -0.1) is 0 Å². The average molecular weight is 277 g/mol. The summed E-state index contributed by atoms with van der Waals surface area (Å²) in [6.07, 6.45) is 4.65. The summed E-state index contributed by atoms with van der Waals surface area (Å²) in [7, 11) is -3.02. The van der Waals surface area contributed by atoms with Gasteiger partial charge < -0.3 is 9.80 Å². The van der Waals surface area contributed by atoms with E-state index in [2.05, 4.69) is 21.4 Å². The summed E-state index contributed by atoms with van der Waals surface area (Å²) in [6, 6.07) is 0. The Hall–Kier alpha value is -0.170. The van der Waals surface area contributed by atoms with E-state index in [4.69, 9.17) is 0 Å². The Labute approximate surface area is 112 Å². The number of nitrogens with zero attached hydrogens (tertiary/aromatic N) is 2. The topological polar surface area (TPSA) is 52.6 Å². The van der Waals surface area contributed by atoms with Crippen LogP contribution in [0.3, 0.4) is 0 Å². The number of hydrogen-bond acceptors (Lipinski definition) is 4. The lowest BCUT2D eigenvalue weighted by molar-refractivity contribution is 0.130. The molecule has 108 valence electrons. The van der Waals surface area contributed by atoms with Gasteiger partial charge in [0, 0.05) is 32.7 Å². The number of hydrogen-bond donors (Lipinski definition) is 1. The highest BCUT2D eigenvalue weighted by Crippen LogP contribution is 2.03. The lowest BCUT2D eigenvalue weighted by Gasteiger charge is -2.34. The molecule has 0 aromatic heterocycles. The fourth-order valence-electron chi connectivity index (χ4n) is 2.18. The molecule has 0 atom stereocenters. The molecule has 1 heterocycles. The first kappa shape index (κ1) is 15.9. The Balaban J connectivity index is 2.05. The highest BCUT2D eigenvalue weighted by molar-refractivity contribution is 7.88. The van der Waals surface area contributed by atoms with Crippen LogP contribution in [0, 0.1) is 0 Å². The predicted molar refractivity (Wildman–Crippen MR) is 75.3 cm³/mol. The van der Waals surface area contributed by atoms with Gasteiger partial charge in [0.25, 0.3) is 0 Å². The fourth-order valence-corrected chi connectivity index (χ4v) is 2.69. The van der Waals surface area contributed by atoms with Crippen LogP contribution in [0.2, 0.25) is 0 Å².